The average Bonchev–Trinajstić information content (AvgIpc) is 3.16. The summed E-state index contributed by atoms with van der Waals surface area (Å²) < 4.78 is 38.5. The fraction of sp³-hybridized carbons (Fsp3) is 0.267. The summed E-state index contributed by atoms with van der Waals surface area (Å²) in [6.45, 7) is 3.60. The first-order chi connectivity index (χ1) is 11.5. The second-order valence-electron chi connectivity index (χ2n) is 4.84. The van der Waals surface area contributed by atoms with Crippen molar-refractivity contribution in [2.75, 3.05) is 13.2 Å². The molecule has 0 radical (unpaired) electrons. The van der Waals surface area contributed by atoms with Crippen LogP contribution in [0.5, 0.6) is 0 Å². The van der Waals surface area contributed by atoms with Crippen LogP contribution >= 0.6 is 38.6 Å². The number of ether oxygens (including phenoxy) is 1. The summed E-state index contributed by atoms with van der Waals surface area (Å²) in [5.41, 5.74) is 0.947. The second kappa shape index (κ2) is 7.49. The van der Waals surface area contributed by atoms with E-state index < -0.39 is 10.0 Å². The Labute approximate surface area is 156 Å². The summed E-state index contributed by atoms with van der Waals surface area (Å²) in [6.07, 6.45) is 0. The molecule has 128 valence electrons. The number of sulfonamides is 1. The molecule has 9 heteroatoms. The lowest BCUT2D eigenvalue weighted by Crippen LogP contribution is -2.19. The molecule has 2 aromatic heterocycles. The van der Waals surface area contributed by atoms with E-state index in [2.05, 4.69) is 20.3 Å². The van der Waals surface area contributed by atoms with E-state index in [4.69, 9.17) is 4.74 Å². The SMILES string of the molecule is CCOCCn1c(=NS(=O)(=O)c2cccs2)sc2cc(Br)ccc21. The zero-order chi connectivity index (χ0) is 17.2. The van der Waals surface area contributed by atoms with Crippen LogP contribution in [-0.2, 0) is 21.3 Å². The van der Waals surface area contributed by atoms with Crippen LogP contribution in [0.1, 0.15) is 6.92 Å². The van der Waals surface area contributed by atoms with Crippen molar-refractivity contribution in [3.8, 4) is 0 Å². The van der Waals surface area contributed by atoms with Gasteiger partial charge < -0.3 is 9.30 Å². The Morgan fingerprint density at radius 3 is 2.88 bits per heavy atom. The standard InChI is InChI=1S/C15H15BrN2O3S3/c1-2-21-8-7-18-12-6-5-11(16)10-13(12)23-15(18)17-24(19,20)14-4-3-9-22-14/h3-6,9-10H,2,7-8H2,1H3. The molecule has 2 heterocycles. The van der Waals surface area contributed by atoms with Gasteiger partial charge in [-0.2, -0.15) is 8.42 Å². The zero-order valence-corrected chi connectivity index (χ0v) is 16.8. The third-order valence-corrected chi connectivity index (χ3v) is 7.55. The molecular formula is C15H15BrN2O3S3. The molecule has 0 aliphatic heterocycles. The largest absolute Gasteiger partial charge is 0.380 e. The van der Waals surface area contributed by atoms with Gasteiger partial charge in [-0.25, -0.2) is 0 Å². The fourth-order valence-electron chi connectivity index (χ4n) is 2.19. The first-order valence-corrected chi connectivity index (χ1v) is 11.2. The molecule has 0 N–H and O–H groups in total. The number of fused-ring (bicyclic) bond motifs is 1. The minimum Gasteiger partial charge on any atom is -0.380 e. The Balaban J connectivity index is 2.15. The predicted octanol–water partition coefficient (Wildman–Crippen LogP) is 3.85. The molecule has 24 heavy (non-hydrogen) atoms. The van der Waals surface area contributed by atoms with Crippen molar-refractivity contribution in [3.63, 3.8) is 0 Å². The molecule has 3 aromatic rings. The predicted molar refractivity (Wildman–Crippen MR) is 101 cm³/mol. The van der Waals surface area contributed by atoms with Gasteiger partial charge in [0.15, 0.2) is 0 Å². The molecule has 0 aliphatic carbocycles. The maximum Gasteiger partial charge on any atom is 0.294 e. The summed E-state index contributed by atoms with van der Waals surface area (Å²) in [5.74, 6) is 0. The average molecular weight is 447 g/mol. The summed E-state index contributed by atoms with van der Waals surface area (Å²) >= 11 is 5.97. The molecule has 0 unspecified atom stereocenters. The summed E-state index contributed by atoms with van der Waals surface area (Å²) in [5, 5.41) is 1.73. The molecule has 0 amide bonds. The number of rotatable bonds is 6. The molecule has 0 fully saturated rings. The lowest BCUT2D eigenvalue weighted by molar-refractivity contribution is 0.139. The summed E-state index contributed by atoms with van der Waals surface area (Å²) in [6, 6.07) is 9.13. The van der Waals surface area contributed by atoms with Gasteiger partial charge in [-0.1, -0.05) is 33.3 Å². The number of hydrogen-bond acceptors (Lipinski definition) is 5. The molecule has 3 rings (SSSR count). The Kier molecular flexibility index (Phi) is 5.56. The Bertz CT molecular complexity index is 1000. The maximum absolute atomic E-state index is 12.5. The monoisotopic (exact) mass is 446 g/mol. The third kappa shape index (κ3) is 3.80. The molecule has 0 aliphatic rings. The normalized spacial score (nSPS) is 13.0. The number of thiazole rings is 1. The van der Waals surface area contributed by atoms with Crippen molar-refractivity contribution < 1.29 is 13.2 Å². The number of nitrogens with zero attached hydrogens (tertiary/aromatic N) is 2. The minimum absolute atomic E-state index is 0.248. The molecule has 0 spiro atoms. The molecule has 1 aromatic carbocycles. The van der Waals surface area contributed by atoms with E-state index in [1.807, 2.05) is 29.7 Å². The number of benzene rings is 1. The van der Waals surface area contributed by atoms with Gasteiger partial charge in [-0.15, -0.1) is 15.7 Å². The van der Waals surface area contributed by atoms with Gasteiger partial charge in [-0.05, 0) is 36.6 Å². The molecule has 0 saturated heterocycles. The first-order valence-electron chi connectivity index (χ1n) is 7.22. The number of halogens is 1. The van der Waals surface area contributed by atoms with Crippen molar-refractivity contribution in [2.45, 2.75) is 17.7 Å². The van der Waals surface area contributed by atoms with Crippen LogP contribution in [0, 0.1) is 0 Å². The fourth-order valence-corrected chi connectivity index (χ4v) is 5.97. The van der Waals surface area contributed by atoms with Crippen LogP contribution in [0.4, 0.5) is 0 Å². The van der Waals surface area contributed by atoms with Gasteiger partial charge in [0.2, 0.25) is 4.80 Å². The topological polar surface area (TPSA) is 60.7 Å². The molecule has 0 saturated carbocycles. The van der Waals surface area contributed by atoms with E-state index in [1.54, 1.807) is 17.5 Å². The third-order valence-electron chi connectivity index (χ3n) is 3.26. The highest BCUT2D eigenvalue weighted by atomic mass is 79.9. The van der Waals surface area contributed by atoms with Gasteiger partial charge in [-0.3, -0.25) is 0 Å². The van der Waals surface area contributed by atoms with E-state index >= 15 is 0 Å². The van der Waals surface area contributed by atoms with Crippen LogP contribution in [0.15, 0.2) is 48.8 Å². The van der Waals surface area contributed by atoms with Crippen molar-refractivity contribution in [1.82, 2.24) is 4.57 Å². The quantitative estimate of drug-likeness (QED) is 0.540. The van der Waals surface area contributed by atoms with Gasteiger partial charge in [0.05, 0.1) is 16.8 Å². The van der Waals surface area contributed by atoms with E-state index in [0.717, 1.165) is 14.7 Å². The first kappa shape index (κ1) is 17.8. The number of thiophene rings is 1. The second-order valence-corrected chi connectivity index (χ2v) is 9.55. The van der Waals surface area contributed by atoms with Gasteiger partial charge >= 0.3 is 0 Å². The van der Waals surface area contributed by atoms with E-state index in [-0.39, 0.29) is 4.21 Å². The van der Waals surface area contributed by atoms with Crippen LogP contribution in [-0.4, -0.2) is 26.2 Å². The van der Waals surface area contributed by atoms with E-state index in [0.29, 0.717) is 24.6 Å². The smallest absolute Gasteiger partial charge is 0.294 e. The van der Waals surface area contributed by atoms with Gasteiger partial charge in [0.1, 0.15) is 4.21 Å². The highest BCUT2D eigenvalue weighted by Gasteiger charge is 2.15. The van der Waals surface area contributed by atoms with E-state index in [1.165, 1.54) is 22.7 Å². The molecular weight excluding hydrogens is 432 g/mol. The van der Waals surface area contributed by atoms with Crippen molar-refractivity contribution in [3.05, 3.63) is 45.0 Å². The van der Waals surface area contributed by atoms with Crippen LogP contribution in [0.25, 0.3) is 10.2 Å². The number of aromatic nitrogens is 1. The van der Waals surface area contributed by atoms with Crippen molar-refractivity contribution >= 4 is 58.8 Å². The van der Waals surface area contributed by atoms with Gasteiger partial charge in [0, 0.05) is 17.6 Å². The number of hydrogen-bond donors (Lipinski definition) is 0. The lowest BCUT2D eigenvalue weighted by atomic mass is 10.3. The Hall–Kier alpha value is -1.00. The molecule has 0 atom stereocenters. The Morgan fingerprint density at radius 2 is 2.17 bits per heavy atom. The van der Waals surface area contributed by atoms with Crippen LogP contribution in [0.3, 0.4) is 0 Å². The molecule has 5 nitrogen and oxygen atoms in total. The lowest BCUT2D eigenvalue weighted by Gasteiger charge is -2.05. The van der Waals surface area contributed by atoms with Crippen molar-refractivity contribution in [2.24, 2.45) is 4.40 Å². The highest BCUT2D eigenvalue weighted by molar-refractivity contribution is 9.10. The maximum atomic E-state index is 12.5. The molecule has 0 bridgehead atoms. The van der Waals surface area contributed by atoms with E-state index in [9.17, 15) is 8.42 Å². The zero-order valence-electron chi connectivity index (χ0n) is 12.8. The van der Waals surface area contributed by atoms with Crippen LogP contribution < -0.4 is 4.80 Å². The van der Waals surface area contributed by atoms with Crippen molar-refractivity contribution in [1.29, 1.82) is 0 Å². The minimum atomic E-state index is -3.70. The summed E-state index contributed by atoms with van der Waals surface area (Å²) in [7, 11) is -3.70. The highest BCUT2D eigenvalue weighted by Crippen LogP contribution is 2.23. The van der Waals surface area contributed by atoms with Gasteiger partial charge in [0.25, 0.3) is 10.0 Å². The Morgan fingerprint density at radius 1 is 1.33 bits per heavy atom. The van der Waals surface area contributed by atoms with Crippen LogP contribution in [0.2, 0.25) is 0 Å². The summed E-state index contributed by atoms with van der Waals surface area (Å²) in [4.78, 5) is 0.455.